The van der Waals surface area contributed by atoms with Gasteiger partial charge in [0.2, 0.25) is 0 Å². The number of piperidine rings is 1. The van der Waals surface area contributed by atoms with Crippen LogP contribution in [0.2, 0.25) is 0 Å². The fraction of sp³-hybridized carbons (Fsp3) is 0.650. The zero-order valence-electron chi connectivity index (χ0n) is 15.0. The van der Waals surface area contributed by atoms with Gasteiger partial charge in [0.15, 0.2) is 5.58 Å². The average Bonchev–Trinajstić information content (AvgIpc) is 3.29. The Morgan fingerprint density at radius 3 is 2.88 bits per heavy atom. The standard InChI is InChI=1S/C20H28N2O3/c1-13-19(24-12-16-10-15(16)11-23)5-3-17-18(22-25-20(13)17)4-2-14-6-8-21-9-7-14/h3,5,14-16,21,23H,2,4,6-12H2,1H3. The molecular formula is C20H28N2O3. The molecule has 4 rings (SSSR count). The lowest BCUT2D eigenvalue weighted by Crippen LogP contribution is -2.27. The van der Waals surface area contributed by atoms with Gasteiger partial charge in [0.25, 0.3) is 0 Å². The van der Waals surface area contributed by atoms with Crippen LogP contribution in [0.15, 0.2) is 16.7 Å². The zero-order valence-corrected chi connectivity index (χ0v) is 15.0. The molecule has 25 heavy (non-hydrogen) atoms. The van der Waals surface area contributed by atoms with Gasteiger partial charge in [-0.25, -0.2) is 0 Å². The first-order valence-electron chi connectivity index (χ1n) is 9.58. The highest BCUT2D eigenvalue weighted by Gasteiger charge is 2.36. The van der Waals surface area contributed by atoms with Crippen molar-refractivity contribution in [2.75, 3.05) is 26.3 Å². The van der Waals surface area contributed by atoms with Crippen molar-refractivity contribution in [2.45, 2.75) is 39.0 Å². The van der Waals surface area contributed by atoms with Gasteiger partial charge in [-0.1, -0.05) is 5.16 Å². The van der Waals surface area contributed by atoms with Crippen molar-refractivity contribution in [1.29, 1.82) is 0 Å². The Balaban J connectivity index is 1.41. The molecule has 1 aromatic heterocycles. The van der Waals surface area contributed by atoms with Crippen LogP contribution in [0.4, 0.5) is 0 Å². The second kappa shape index (κ2) is 7.34. The molecule has 2 unspecified atom stereocenters. The Labute approximate surface area is 148 Å². The number of nitrogens with one attached hydrogen (secondary N) is 1. The Morgan fingerprint density at radius 1 is 1.28 bits per heavy atom. The first kappa shape index (κ1) is 16.9. The van der Waals surface area contributed by atoms with Crippen LogP contribution >= 0.6 is 0 Å². The molecule has 5 nitrogen and oxygen atoms in total. The molecule has 0 spiro atoms. The van der Waals surface area contributed by atoms with Crippen LogP contribution in [0.1, 0.15) is 36.9 Å². The lowest BCUT2D eigenvalue weighted by Gasteiger charge is -2.21. The number of aromatic nitrogens is 1. The summed E-state index contributed by atoms with van der Waals surface area (Å²) in [4.78, 5) is 0. The summed E-state index contributed by atoms with van der Waals surface area (Å²) in [7, 11) is 0. The molecule has 0 amide bonds. The first-order chi connectivity index (χ1) is 12.3. The molecule has 2 atom stereocenters. The molecular weight excluding hydrogens is 316 g/mol. The third-order valence-corrected chi connectivity index (χ3v) is 5.92. The molecule has 5 heteroatoms. The van der Waals surface area contributed by atoms with Crippen molar-refractivity contribution in [3.63, 3.8) is 0 Å². The molecule has 1 aromatic carbocycles. The largest absolute Gasteiger partial charge is 0.493 e. The van der Waals surface area contributed by atoms with E-state index >= 15 is 0 Å². The summed E-state index contributed by atoms with van der Waals surface area (Å²) in [5.41, 5.74) is 2.96. The Morgan fingerprint density at radius 2 is 2.12 bits per heavy atom. The molecule has 0 radical (unpaired) electrons. The number of aliphatic hydroxyl groups is 1. The highest BCUT2D eigenvalue weighted by atomic mass is 16.5. The number of hydrogen-bond donors (Lipinski definition) is 2. The second-order valence-electron chi connectivity index (χ2n) is 7.68. The van der Waals surface area contributed by atoms with Crippen LogP contribution in [0.3, 0.4) is 0 Å². The van der Waals surface area contributed by atoms with E-state index in [-0.39, 0.29) is 6.61 Å². The molecule has 1 aliphatic heterocycles. The van der Waals surface area contributed by atoms with Crippen LogP contribution in [0, 0.1) is 24.7 Å². The van der Waals surface area contributed by atoms with E-state index in [2.05, 4.69) is 16.5 Å². The topological polar surface area (TPSA) is 67.5 Å². The lowest BCUT2D eigenvalue weighted by molar-refractivity contribution is 0.242. The number of benzene rings is 1. The highest BCUT2D eigenvalue weighted by Crippen LogP contribution is 2.39. The van der Waals surface area contributed by atoms with Gasteiger partial charge >= 0.3 is 0 Å². The zero-order chi connectivity index (χ0) is 17.2. The van der Waals surface area contributed by atoms with Gasteiger partial charge in [0, 0.05) is 17.6 Å². The van der Waals surface area contributed by atoms with E-state index in [9.17, 15) is 0 Å². The van der Waals surface area contributed by atoms with Crippen LogP contribution in [-0.4, -0.2) is 36.6 Å². The Kier molecular flexibility index (Phi) is 4.95. The molecule has 0 bridgehead atoms. The first-order valence-corrected chi connectivity index (χ1v) is 9.58. The summed E-state index contributed by atoms with van der Waals surface area (Å²) < 4.78 is 11.6. The number of ether oxygens (including phenoxy) is 1. The van der Waals surface area contributed by atoms with Gasteiger partial charge in [-0.15, -0.1) is 0 Å². The number of aryl methyl sites for hydroxylation is 2. The van der Waals surface area contributed by atoms with Gasteiger partial charge in [-0.05, 0) is 82.0 Å². The van der Waals surface area contributed by atoms with E-state index in [0.717, 1.165) is 59.8 Å². The summed E-state index contributed by atoms with van der Waals surface area (Å²) in [6.07, 6.45) is 5.77. The van der Waals surface area contributed by atoms with Crippen molar-refractivity contribution in [1.82, 2.24) is 10.5 Å². The maximum Gasteiger partial charge on any atom is 0.173 e. The van der Waals surface area contributed by atoms with E-state index in [4.69, 9.17) is 14.4 Å². The minimum atomic E-state index is 0.272. The quantitative estimate of drug-likeness (QED) is 0.808. The number of hydrogen-bond acceptors (Lipinski definition) is 5. The third kappa shape index (κ3) is 3.67. The summed E-state index contributed by atoms with van der Waals surface area (Å²) in [6.45, 7) is 5.27. The fourth-order valence-electron chi connectivity index (χ4n) is 3.95. The summed E-state index contributed by atoms with van der Waals surface area (Å²) in [5.74, 6) is 2.60. The van der Waals surface area contributed by atoms with Crippen LogP contribution < -0.4 is 10.1 Å². The van der Waals surface area contributed by atoms with Crippen molar-refractivity contribution < 1.29 is 14.4 Å². The van der Waals surface area contributed by atoms with E-state index in [0.29, 0.717) is 18.4 Å². The molecule has 1 aliphatic carbocycles. The van der Waals surface area contributed by atoms with Gasteiger partial charge in [-0.3, -0.25) is 0 Å². The summed E-state index contributed by atoms with van der Waals surface area (Å²) in [5, 5.41) is 18.0. The number of nitrogens with zero attached hydrogens (tertiary/aromatic N) is 1. The Hall–Kier alpha value is -1.59. The van der Waals surface area contributed by atoms with E-state index in [1.165, 1.54) is 19.3 Å². The minimum Gasteiger partial charge on any atom is -0.493 e. The second-order valence-corrected chi connectivity index (χ2v) is 7.68. The van der Waals surface area contributed by atoms with E-state index in [1.54, 1.807) is 0 Å². The van der Waals surface area contributed by atoms with E-state index < -0.39 is 0 Å². The summed E-state index contributed by atoms with van der Waals surface area (Å²) in [6, 6.07) is 4.13. The van der Waals surface area contributed by atoms with Crippen LogP contribution in [0.25, 0.3) is 11.0 Å². The molecule has 1 saturated heterocycles. The average molecular weight is 344 g/mol. The number of aliphatic hydroxyl groups excluding tert-OH is 1. The minimum absolute atomic E-state index is 0.272. The smallest absolute Gasteiger partial charge is 0.173 e. The molecule has 1 saturated carbocycles. The van der Waals surface area contributed by atoms with Crippen molar-refractivity contribution in [3.05, 3.63) is 23.4 Å². The normalized spacial score (nSPS) is 23.9. The molecule has 2 aromatic rings. The van der Waals surface area contributed by atoms with Crippen molar-refractivity contribution >= 4 is 11.0 Å². The highest BCUT2D eigenvalue weighted by molar-refractivity contribution is 5.84. The molecule has 2 N–H and O–H groups in total. The van der Waals surface area contributed by atoms with Crippen molar-refractivity contribution in [2.24, 2.45) is 17.8 Å². The van der Waals surface area contributed by atoms with Crippen LogP contribution in [-0.2, 0) is 6.42 Å². The maximum atomic E-state index is 9.13. The molecule has 2 aliphatic rings. The predicted octanol–water partition coefficient (Wildman–Crippen LogP) is 3.08. The Bertz CT molecular complexity index is 721. The lowest BCUT2D eigenvalue weighted by atomic mass is 9.92. The SMILES string of the molecule is Cc1c(OCC2CC2CO)ccc2c(CCC3CCNCC3)noc12. The monoisotopic (exact) mass is 344 g/mol. The fourth-order valence-corrected chi connectivity index (χ4v) is 3.95. The maximum absolute atomic E-state index is 9.13. The number of fused-ring (bicyclic) bond motifs is 1. The van der Waals surface area contributed by atoms with Crippen LogP contribution in [0.5, 0.6) is 5.75 Å². The van der Waals surface area contributed by atoms with Gasteiger partial charge in [-0.2, -0.15) is 0 Å². The third-order valence-electron chi connectivity index (χ3n) is 5.92. The van der Waals surface area contributed by atoms with Gasteiger partial charge in [0.05, 0.1) is 12.3 Å². The molecule has 2 fully saturated rings. The molecule has 2 heterocycles. The van der Waals surface area contributed by atoms with Gasteiger partial charge in [0.1, 0.15) is 5.75 Å². The molecule has 136 valence electrons. The summed E-state index contributed by atoms with van der Waals surface area (Å²) >= 11 is 0. The van der Waals surface area contributed by atoms with Gasteiger partial charge < -0.3 is 19.7 Å². The van der Waals surface area contributed by atoms with Crippen molar-refractivity contribution in [3.8, 4) is 5.75 Å². The number of rotatable bonds is 7. The predicted molar refractivity (Wildman–Crippen MR) is 96.8 cm³/mol. The van der Waals surface area contributed by atoms with E-state index in [1.807, 2.05) is 13.0 Å².